The molecule has 0 aliphatic rings. The summed E-state index contributed by atoms with van der Waals surface area (Å²) in [6, 6.07) is -1.10. The number of nitrogens with one attached hydrogen (secondary N) is 1. The topological polar surface area (TPSA) is 58.6 Å². The number of carbonyl (C=O) groups is 1. The quantitative estimate of drug-likeness (QED) is 0.682. The first kappa shape index (κ1) is 13.2. The molecule has 0 aromatic rings. The minimum absolute atomic E-state index is 0.354. The lowest BCUT2D eigenvalue weighted by atomic mass is 10.3. The van der Waals surface area contributed by atoms with Gasteiger partial charge in [-0.05, 0) is 6.54 Å². The molecule has 1 atom stereocenters. The second-order valence-electron chi connectivity index (χ2n) is 2.58. The maximum absolute atomic E-state index is 11.6. The van der Waals surface area contributed by atoms with Crippen LogP contribution in [0.4, 0.5) is 13.2 Å². The Hall–Kier alpha value is -0.820. The minimum Gasteiger partial charge on any atom is -0.480 e. The zero-order valence-corrected chi connectivity index (χ0v) is 7.60. The molecule has 1 unspecified atom stereocenters. The molecule has 0 aromatic carbocycles. The van der Waals surface area contributed by atoms with Gasteiger partial charge in [0.2, 0.25) is 0 Å². The predicted octanol–water partition coefficient (Wildman–Crippen LogP) is 0.628. The van der Waals surface area contributed by atoms with Crippen molar-refractivity contribution in [1.29, 1.82) is 0 Å². The molecule has 0 spiro atoms. The molecule has 0 aliphatic heterocycles. The second-order valence-corrected chi connectivity index (χ2v) is 2.58. The first-order valence-electron chi connectivity index (χ1n) is 3.97. The number of ether oxygens (including phenoxy) is 1. The number of likely N-dealkylation sites (N-methyl/N-ethyl adjacent to an activating group) is 1. The van der Waals surface area contributed by atoms with E-state index in [1.807, 2.05) is 0 Å². The Kier molecular flexibility index (Phi) is 5.47. The molecule has 7 heteroatoms. The summed E-state index contributed by atoms with van der Waals surface area (Å²) in [5, 5.41) is 11.0. The highest BCUT2D eigenvalue weighted by molar-refractivity contribution is 5.73. The summed E-state index contributed by atoms with van der Waals surface area (Å²) in [6.45, 7) is 0.0803. The van der Waals surface area contributed by atoms with Crippen LogP contribution < -0.4 is 5.32 Å². The summed E-state index contributed by atoms with van der Waals surface area (Å²) in [4.78, 5) is 10.4. The van der Waals surface area contributed by atoms with E-state index in [4.69, 9.17) is 5.11 Å². The number of carboxylic acid groups (broad SMARTS) is 1. The standard InChI is InChI=1S/C7H12F3NO3/c1-2-11-5(6(12)13)3-14-4-7(8,9)10/h5,11H,2-4H2,1H3,(H,12,13). The van der Waals surface area contributed by atoms with Crippen molar-refractivity contribution in [2.24, 2.45) is 0 Å². The summed E-state index contributed by atoms with van der Waals surface area (Å²) in [5.41, 5.74) is 0. The molecule has 0 radical (unpaired) electrons. The number of rotatable bonds is 6. The Morgan fingerprint density at radius 2 is 2.14 bits per heavy atom. The van der Waals surface area contributed by atoms with Crippen molar-refractivity contribution in [3.63, 3.8) is 0 Å². The van der Waals surface area contributed by atoms with Crippen LogP contribution in [0.3, 0.4) is 0 Å². The SMILES string of the molecule is CCNC(COCC(F)(F)F)C(=O)O. The Bertz CT molecular complexity index is 184. The smallest absolute Gasteiger partial charge is 0.411 e. The Morgan fingerprint density at radius 1 is 1.57 bits per heavy atom. The largest absolute Gasteiger partial charge is 0.480 e. The molecular formula is C7H12F3NO3. The molecular weight excluding hydrogens is 203 g/mol. The Balaban J connectivity index is 3.77. The van der Waals surface area contributed by atoms with Crippen LogP contribution in [0.15, 0.2) is 0 Å². The highest BCUT2D eigenvalue weighted by Crippen LogP contribution is 2.14. The van der Waals surface area contributed by atoms with E-state index >= 15 is 0 Å². The number of carboxylic acids is 1. The summed E-state index contributed by atoms with van der Waals surface area (Å²) >= 11 is 0. The fourth-order valence-electron chi connectivity index (χ4n) is 0.756. The number of aliphatic carboxylic acids is 1. The van der Waals surface area contributed by atoms with Crippen LogP contribution in [0, 0.1) is 0 Å². The summed E-state index contributed by atoms with van der Waals surface area (Å²) < 4.78 is 39.0. The first-order chi connectivity index (χ1) is 6.37. The van der Waals surface area contributed by atoms with E-state index in [-0.39, 0.29) is 0 Å². The molecule has 0 saturated heterocycles. The molecule has 4 nitrogen and oxygen atoms in total. The van der Waals surface area contributed by atoms with E-state index in [9.17, 15) is 18.0 Å². The van der Waals surface area contributed by atoms with Gasteiger partial charge in [-0.1, -0.05) is 6.92 Å². The van der Waals surface area contributed by atoms with Crippen molar-refractivity contribution >= 4 is 5.97 Å². The van der Waals surface area contributed by atoms with Gasteiger partial charge in [0.05, 0.1) is 6.61 Å². The van der Waals surface area contributed by atoms with Crippen molar-refractivity contribution in [2.45, 2.75) is 19.1 Å². The number of hydrogen-bond donors (Lipinski definition) is 2. The fourth-order valence-corrected chi connectivity index (χ4v) is 0.756. The molecule has 14 heavy (non-hydrogen) atoms. The normalized spacial score (nSPS) is 14.0. The molecule has 0 heterocycles. The molecule has 0 bridgehead atoms. The van der Waals surface area contributed by atoms with Crippen molar-refractivity contribution in [3.05, 3.63) is 0 Å². The fraction of sp³-hybridized carbons (Fsp3) is 0.857. The highest BCUT2D eigenvalue weighted by Gasteiger charge is 2.28. The van der Waals surface area contributed by atoms with Crippen molar-refractivity contribution in [1.82, 2.24) is 5.32 Å². The molecule has 2 N–H and O–H groups in total. The van der Waals surface area contributed by atoms with Gasteiger partial charge in [-0.2, -0.15) is 13.2 Å². The third-order valence-corrected chi connectivity index (χ3v) is 1.30. The van der Waals surface area contributed by atoms with Gasteiger partial charge in [0, 0.05) is 0 Å². The minimum atomic E-state index is -4.42. The molecule has 0 rings (SSSR count). The summed E-state index contributed by atoms with van der Waals surface area (Å²) in [7, 11) is 0. The lowest BCUT2D eigenvalue weighted by molar-refractivity contribution is -0.177. The van der Waals surface area contributed by atoms with Crippen LogP contribution >= 0.6 is 0 Å². The van der Waals surface area contributed by atoms with Crippen LogP contribution in [0.1, 0.15) is 6.92 Å². The Morgan fingerprint density at radius 3 is 2.50 bits per heavy atom. The molecule has 0 aromatic heterocycles. The lowest BCUT2D eigenvalue weighted by Gasteiger charge is -2.14. The average Bonchev–Trinajstić information content (AvgIpc) is 2.00. The first-order valence-corrected chi connectivity index (χ1v) is 3.97. The lowest BCUT2D eigenvalue weighted by Crippen LogP contribution is -2.41. The monoisotopic (exact) mass is 215 g/mol. The van der Waals surface area contributed by atoms with Crippen molar-refractivity contribution in [2.75, 3.05) is 19.8 Å². The summed E-state index contributed by atoms with van der Waals surface area (Å²) in [5.74, 6) is -1.23. The summed E-state index contributed by atoms with van der Waals surface area (Å²) in [6.07, 6.45) is -4.42. The van der Waals surface area contributed by atoms with E-state index in [0.717, 1.165) is 0 Å². The Labute approximate surface area is 79.0 Å². The third kappa shape index (κ3) is 6.67. The van der Waals surface area contributed by atoms with E-state index in [1.165, 1.54) is 0 Å². The van der Waals surface area contributed by atoms with Crippen LogP contribution in [-0.2, 0) is 9.53 Å². The molecule has 0 amide bonds. The van der Waals surface area contributed by atoms with Gasteiger partial charge in [0.15, 0.2) is 0 Å². The van der Waals surface area contributed by atoms with Gasteiger partial charge in [-0.3, -0.25) is 4.79 Å². The van der Waals surface area contributed by atoms with Crippen molar-refractivity contribution < 1.29 is 27.8 Å². The van der Waals surface area contributed by atoms with E-state index < -0.39 is 31.4 Å². The maximum atomic E-state index is 11.6. The number of halogens is 3. The van der Waals surface area contributed by atoms with E-state index in [2.05, 4.69) is 10.1 Å². The second kappa shape index (κ2) is 5.82. The molecule has 0 fully saturated rings. The van der Waals surface area contributed by atoms with Crippen LogP contribution in [0.5, 0.6) is 0 Å². The van der Waals surface area contributed by atoms with Gasteiger partial charge in [-0.25, -0.2) is 0 Å². The average molecular weight is 215 g/mol. The zero-order valence-electron chi connectivity index (χ0n) is 7.60. The van der Waals surface area contributed by atoms with E-state index in [0.29, 0.717) is 6.54 Å². The highest BCUT2D eigenvalue weighted by atomic mass is 19.4. The van der Waals surface area contributed by atoms with Crippen LogP contribution in [0.2, 0.25) is 0 Å². The molecule has 84 valence electrons. The van der Waals surface area contributed by atoms with Gasteiger partial charge in [0.25, 0.3) is 0 Å². The van der Waals surface area contributed by atoms with E-state index in [1.54, 1.807) is 6.92 Å². The molecule has 0 saturated carbocycles. The predicted molar refractivity (Wildman–Crippen MR) is 42.0 cm³/mol. The van der Waals surface area contributed by atoms with Crippen molar-refractivity contribution in [3.8, 4) is 0 Å². The molecule has 0 aliphatic carbocycles. The maximum Gasteiger partial charge on any atom is 0.411 e. The van der Waals surface area contributed by atoms with Gasteiger partial charge < -0.3 is 15.2 Å². The van der Waals surface area contributed by atoms with Gasteiger partial charge in [-0.15, -0.1) is 0 Å². The van der Waals surface area contributed by atoms with Crippen LogP contribution in [-0.4, -0.2) is 43.1 Å². The number of alkyl halides is 3. The van der Waals surface area contributed by atoms with Gasteiger partial charge >= 0.3 is 12.1 Å². The number of hydrogen-bond acceptors (Lipinski definition) is 3. The van der Waals surface area contributed by atoms with Crippen LogP contribution in [0.25, 0.3) is 0 Å². The third-order valence-electron chi connectivity index (χ3n) is 1.30. The van der Waals surface area contributed by atoms with Gasteiger partial charge in [0.1, 0.15) is 12.6 Å². The zero-order chi connectivity index (χ0) is 11.2.